The molecule has 35 heavy (non-hydrogen) atoms. The van der Waals surface area contributed by atoms with Crippen molar-refractivity contribution >= 4 is 55.6 Å². The number of β-amino-alcohol motifs (C(OH)–C–C–N with tert-alkyl or cyclic N) is 1. The lowest BCUT2D eigenvalue weighted by Crippen LogP contribution is -2.57. The molecule has 3 aliphatic rings. The maximum atomic E-state index is 12.7. The SMILES string of the molecule is O=C(O)C[C@H](NC(=O)CNC(=O)C1CNCC(NC2=NCC(O)CN2)C1)C1CC(Br)CC(Br)C1O. The predicted molar refractivity (Wildman–Crippen MR) is 136 cm³/mol. The van der Waals surface area contributed by atoms with E-state index in [1.54, 1.807) is 0 Å². The summed E-state index contributed by atoms with van der Waals surface area (Å²) < 4.78 is 0. The number of halogens is 2. The molecule has 2 heterocycles. The molecule has 1 saturated carbocycles. The summed E-state index contributed by atoms with van der Waals surface area (Å²) in [5, 5.41) is 44.2. The zero-order chi connectivity index (χ0) is 25.5. The molecule has 2 fully saturated rings. The first-order valence-electron chi connectivity index (χ1n) is 11.8. The molecule has 0 aromatic carbocycles. The van der Waals surface area contributed by atoms with Crippen molar-refractivity contribution in [3.63, 3.8) is 0 Å². The van der Waals surface area contributed by atoms with Crippen LogP contribution in [0.4, 0.5) is 0 Å². The van der Waals surface area contributed by atoms with Crippen molar-refractivity contribution in [3.05, 3.63) is 0 Å². The Hall–Kier alpha value is -1.48. The normalized spacial score (nSPS) is 34.1. The van der Waals surface area contributed by atoms with Crippen molar-refractivity contribution < 1.29 is 29.7 Å². The van der Waals surface area contributed by atoms with Gasteiger partial charge in [-0.1, -0.05) is 31.9 Å². The van der Waals surface area contributed by atoms with Crippen molar-refractivity contribution in [2.75, 3.05) is 32.7 Å². The lowest BCUT2D eigenvalue weighted by atomic mass is 9.80. The van der Waals surface area contributed by atoms with Crippen LogP contribution in [0.3, 0.4) is 0 Å². The van der Waals surface area contributed by atoms with Crippen LogP contribution >= 0.6 is 31.9 Å². The first-order chi connectivity index (χ1) is 16.6. The molecule has 1 aliphatic carbocycles. The lowest BCUT2D eigenvalue weighted by molar-refractivity contribution is -0.139. The second kappa shape index (κ2) is 13.2. The molecule has 2 aliphatic heterocycles. The summed E-state index contributed by atoms with van der Waals surface area (Å²) in [5.41, 5.74) is 0. The molecule has 8 atom stereocenters. The maximum absolute atomic E-state index is 12.7. The van der Waals surface area contributed by atoms with Crippen molar-refractivity contribution in [2.45, 2.75) is 59.6 Å². The third-order valence-electron chi connectivity index (χ3n) is 6.53. The van der Waals surface area contributed by atoms with Gasteiger partial charge < -0.3 is 41.9 Å². The van der Waals surface area contributed by atoms with Crippen LogP contribution in [0, 0.1) is 11.8 Å². The second-order valence-corrected chi connectivity index (χ2v) is 11.9. The third kappa shape index (κ3) is 8.55. The number of carbonyl (C=O) groups excluding carboxylic acids is 2. The Morgan fingerprint density at radius 2 is 1.89 bits per heavy atom. The van der Waals surface area contributed by atoms with Crippen LogP contribution in [-0.4, -0.2) is 106 Å². The molecule has 12 nitrogen and oxygen atoms in total. The number of aliphatic carboxylic acids is 1. The molecule has 8 N–H and O–H groups in total. The number of aliphatic imine (C=N–C) groups is 1. The van der Waals surface area contributed by atoms with Crippen molar-refractivity contribution in [1.82, 2.24) is 26.6 Å². The van der Waals surface area contributed by atoms with Crippen molar-refractivity contribution in [1.29, 1.82) is 0 Å². The smallest absolute Gasteiger partial charge is 0.305 e. The van der Waals surface area contributed by atoms with Gasteiger partial charge in [-0.05, 0) is 19.3 Å². The molecule has 0 radical (unpaired) electrons. The summed E-state index contributed by atoms with van der Waals surface area (Å²) in [6.07, 6.45) is 0.127. The van der Waals surface area contributed by atoms with Crippen LogP contribution in [-0.2, 0) is 14.4 Å². The van der Waals surface area contributed by atoms with E-state index >= 15 is 0 Å². The predicted octanol–water partition coefficient (Wildman–Crippen LogP) is -1.75. The number of hydrogen-bond donors (Lipinski definition) is 8. The standard InChI is InChI=1S/C21H34Br2N6O6/c22-11-2-14(19(34)15(23)3-11)16(4-18(32)33)29-17(31)9-25-20(35)10-1-12(6-24-5-10)28-21-26-7-13(30)8-27-21/h10-16,19,24,30,34H,1-9H2,(H,25,35)(H,29,31)(H,32,33)(H2,26,27,28)/t10?,11?,12?,14?,15?,16-,19?/m0/s1. The minimum absolute atomic E-state index is 0.0445. The monoisotopic (exact) mass is 624 g/mol. The number of guanidine groups is 1. The molecular weight excluding hydrogens is 592 g/mol. The molecule has 3 rings (SSSR count). The van der Waals surface area contributed by atoms with E-state index in [2.05, 4.69) is 63.4 Å². The molecule has 0 bridgehead atoms. The van der Waals surface area contributed by atoms with Crippen LogP contribution in [0.2, 0.25) is 0 Å². The minimum atomic E-state index is -1.08. The second-order valence-electron chi connectivity index (χ2n) is 9.38. The molecule has 0 aromatic heterocycles. The van der Waals surface area contributed by atoms with Crippen LogP contribution in [0.25, 0.3) is 0 Å². The number of amides is 2. The Balaban J connectivity index is 1.48. The molecule has 14 heteroatoms. The van der Waals surface area contributed by atoms with E-state index in [1.165, 1.54) is 0 Å². The lowest BCUT2D eigenvalue weighted by Gasteiger charge is -2.39. The molecule has 7 unspecified atom stereocenters. The van der Waals surface area contributed by atoms with Crippen LogP contribution < -0.4 is 26.6 Å². The van der Waals surface area contributed by atoms with Gasteiger partial charge in [-0.3, -0.25) is 19.4 Å². The van der Waals surface area contributed by atoms with E-state index in [-0.39, 0.29) is 40.5 Å². The Bertz CT molecular complexity index is 804. The van der Waals surface area contributed by atoms with E-state index in [9.17, 15) is 29.7 Å². The summed E-state index contributed by atoms with van der Waals surface area (Å²) in [5.74, 6) is -2.07. The fourth-order valence-corrected chi connectivity index (χ4v) is 6.90. The zero-order valence-electron chi connectivity index (χ0n) is 19.3. The van der Waals surface area contributed by atoms with Gasteiger partial charge in [0.15, 0.2) is 5.96 Å². The van der Waals surface area contributed by atoms with Crippen molar-refractivity contribution in [2.24, 2.45) is 16.8 Å². The fourth-order valence-electron chi connectivity index (χ4n) is 4.73. The molecule has 1 saturated heterocycles. The first-order valence-corrected chi connectivity index (χ1v) is 13.6. The molecule has 0 spiro atoms. The number of piperidine rings is 1. The first kappa shape index (κ1) is 28.1. The molecular formula is C21H34Br2N6O6. The summed E-state index contributed by atoms with van der Waals surface area (Å²) in [7, 11) is 0. The average molecular weight is 626 g/mol. The summed E-state index contributed by atoms with van der Waals surface area (Å²) in [6, 6.07) is -0.809. The largest absolute Gasteiger partial charge is 0.481 e. The number of nitrogens with one attached hydrogen (secondary N) is 5. The highest BCUT2D eigenvalue weighted by Gasteiger charge is 2.40. The van der Waals surface area contributed by atoms with Crippen LogP contribution in [0.1, 0.15) is 25.7 Å². The number of aliphatic hydroxyl groups is 2. The molecule has 0 aromatic rings. The number of alkyl halides is 2. The van der Waals surface area contributed by atoms with Gasteiger partial charge in [0.2, 0.25) is 11.8 Å². The zero-order valence-corrected chi connectivity index (χ0v) is 22.4. The van der Waals surface area contributed by atoms with Crippen molar-refractivity contribution in [3.8, 4) is 0 Å². The highest BCUT2D eigenvalue weighted by atomic mass is 79.9. The highest BCUT2D eigenvalue weighted by Crippen LogP contribution is 2.36. The number of rotatable bonds is 8. The highest BCUT2D eigenvalue weighted by molar-refractivity contribution is 9.10. The van der Waals surface area contributed by atoms with E-state index in [1.807, 2.05) is 0 Å². The topological polar surface area (TPSA) is 184 Å². The van der Waals surface area contributed by atoms with Gasteiger partial charge in [0.05, 0.1) is 37.6 Å². The Labute approximate surface area is 220 Å². The van der Waals surface area contributed by atoms with Gasteiger partial charge >= 0.3 is 5.97 Å². The number of carboxylic acids is 1. The Kier molecular flexibility index (Phi) is 10.6. The summed E-state index contributed by atoms with van der Waals surface area (Å²) >= 11 is 6.98. The van der Waals surface area contributed by atoms with Gasteiger partial charge in [0.25, 0.3) is 0 Å². The quantitative estimate of drug-likeness (QED) is 0.145. The Morgan fingerprint density at radius 1 is 1.11 bits per heavy atom. The van der Waals surface area contributed by atoms with E-state index in [4.69, 9.17) is 0 Å². The number of nitrogens with zero attached hydrogens (tertiary/aromatic N) is 1. The van der Waals surface area contributed by atoms with Gasteiger partial charge in [-0.15, -0.1) is 0 Å². The number of carboxylic acid groups (broad SMARTS) is 1. The molecule has 2 amide bonds. The van der Waals surface area contributed by atoms with E-state index < -0.39 is 36.0 Å². The average Bonchev–Trinajstić information content (AvgIpc) is 2.81. The fraction of sp³-hybridized carbons (Fsp3) is 0.810. The van der Waals surface area contributed by atoms with Gasteiger partial charge in [0, 0.05) is 47.3 Å². The van der Waals surface area contributed by atoms with E-state index in [0.717, 1.165) is 0 Å². The summed E-state index contributed by atoms with van der Waals surface area (Å²) in [6.45, 7) is 1.57. The third-order valence-corrected chi connectivity index (χ3v) is 8.19. The van der Waals surface area contributed by atoms with Crippen LogP contribution in [0.5, 0.6) is 0 Å². The van der Waals surface area contributed by atoms with Gasteiger partial charge in [-0.2, -0.15) is 0 Å². The van der Waals surface area contributed by atoms with Crippen LogP contribution in [0.15, 0.2) is 4.99 Å². The van der Waals surface area contributed by atoms with Gasteiger partial charge in [0.1, 0.15) is 0 Å². The number of carbonyl (C=O) groups is 3. The Morgan fingerprint density at radius 3 is 2.57 bits per heavy atom. The summed E-state index contributed by atoms with van der Waals surface area (Å²) in [4.78, 5) is 40.8. The molecule has 198 valence electrons. The van der Waals surface area contributed by atoms with Gasteiger partial charge in [-0.25, -0.2) is 0 Å². The minimum Gasteiger partial charge on any atom is -0.481 e. The number of hydrogen-bond acceptors (Lipinski definition) is 9. The maximum Gasteiger partial charge on any atom is 0.305 e. The number of aliphatic hydroxyl groups excluding tert-OH is 2. The van der Waals surface area contributed by atoms with E-state index in [0.29, 0.717) is 51.4 Å².